The topological polar surface area (TPSA) is 54.4 Å². The van der Waals surface area contributed by atoms with Crippen molar-refractivity contribution in [3.8, 4) is 0 Å². The lowest BCUT2D eigenvalue weighted by Gasteiger charge is -2.05. The molecule has 0 atom stereocenters. The number of hydrogen-bond donors (Lipinski definition) is 1. The van der Waals surface area contributed by atoms with E-state index in [1.807, 2.05) is 0 Å². The fourth-order valence-corrected chi connectivity index (χ4v) is 2.99. The van der Waals surface area contributed by atoms with Crippen LogP contribution in [0.3, 0.4) is 0 Å². The van der Waals surface area contributed by atoms with Crippen LogP contribution < -0.4 is 0 Å². The van der Waals surface area contributed by atoms with E-state index in [1.165, 1.54) is 12.1 Å². The molecule has 0 aliphatic carbocycles. The van der Waals surface area contributed by atoms with Crippen LogP contribution in [-0.2, 0) is 9.84 Å². The zero-order valence-electron chi connectivity index (χ0n) is 7.78. The minimum absolute atomic E-state index is 0.105. The van der Waals surface area contributed by atoms with E-state index < -0.39 is 15.7 Å². The van der Waals surface area contributed by atoms with Gasteiger partial charge in [-0.25, -0.2) is 12.8 Å². The highest BCUT2D eigenvalue weighted by atomic mass is 79.9. The molecule has 0 saturated heterocycles. The Morgan fingerprint density at radius 1 is 1.40 bits per heavy atom. The first-order valence-electron chi connectivity index (χ1n) is 4.26. The van der Waals surface area contributed by atoms with E-state index in [0.717, 1.165) is 6.07 Å². The number of aliphatic hydroxyl groups is 1. The molecule has 0 heterocycles. The zero-order chi connectivity index (χ0) is 11.5. The third kappa shape index (κ3) is 3.25. The molecular formula is C9H10BrFO3S. The summed E-state index contributed by atoms with van der Waals surface area (Å²) in [5.41, 5.74) is 0. The zero-order valence-corrected chi connectivity index (χ0v) is 10.2. The Balaban J connectivity index is 3.09. The van der Waals surface area contributed by atoms with Crippen molar-refractivity contribution in [1.82, 2.24) is 0 Å². The first-order valence-corrected chi connectivity index (χ1v) is 6.70. The Bertz CT molecular complexity index is 445. The van der Waals surface area contributed by atoms with E-state index in [0.29, 0.717) is 4.47 Å². The number of benzene rings is 1. The smallest absolute Gasteiger partial charge is 0.181 e. The van der Waals surface area contributed by atoms with Gasteiger partial charge in [0, 0.05) is 11.1 Å². The van der Waals surface area contributed by atoms with Gasteiger partial charge in [0.05, 0.1) is 5.75 Å². The molecule has 84 valence electrons. The molecule has 0 aromatic heterocycles. The Morgan fingerprint density at radius 2 is 2.07 bits per heavy atom. The molecule has 1 rings (SSSR count). The Morgan fingerprint density at radius 3 is 2.67 bits per heavy atom. The summed E-state index contributed by atoms with van der Waals surface area (Å²) < 4.78 is 36.9. The molecule has 0 radical (unpaired) electrons. The van der Waals surface area contributed by atoms with Gasteiger partial charge >= 0.3 is 0 Å². The van der Waals surface area contributed by atoms with Gasteiger partial charge < -0.3 is 5.11 Å². The molecule has 0 bridgehead atoms. The number of aliphatic hydroxyl groups excluding tert-OH is 1. The minimum Gasteiger partial charge on any atom is -0.396 e. The van der Waals surface area contributed by atoms with E-state index in [2.05, 4.69) is 15.9 Å². The molecule has 1 aromatic rings. The van der Waals surface area contributed by atoms with Crippen molar-refractivity contribution in [2.75, 3.05) is 12.4 Å². The monoisotopic (exact) mass is 296 g/mol. The molecule has 1 aromatic carbocycles. The first kappa shape index (κ1) is 12.6. The molecule has 0 spiro atoms. The Labute approximate surface area is 96.0 Å². The average molecular weight is 297 g/mol. The van der Waals surface area contributed by atoms with E-state index >= 15 is 0 Å². The molecule has 0 amide bonds. The van der Waals surface area contributed by atoms with Crippen LogP contribution in [0, 0.1) is 5.82 Å². The first-order chi connectivity index (χ1) is 6.97. The van der Waals surface area contributed by atoms with Crippen LogP contribution in [-0.4, -0.2) is 25.9 Å². The van der Waals surface area contributed by atoms with Crippen molar-refractivity contribution in [3.63, 3.8) is 0 Å². The van der Waals surface area contributed by atoms with Crippen molar-refractivity contribution in [1.29, 1.82) is 0 Å². The largest absolute Gasteiger partial charge is 0.396 e. The summed E-state index contributed by atoms with van der Waals surface area (Å²) in [4.78, 5) is -0.328. The molecule has 0 unspecified atom stereocenters. The average Bonchev–Trinajstić information content (AvgIpc) is 2.18. The fraction of sp³-hybridized carbons (Fsp3) is 0.333. The van der Waals surface area contributed by atoms with Gasteiger partial charge in [0.2, 0.25) is 0 Å². The maximum atomic E-state index is 13.2. The molecule has 6 heteroatoms. The van der Waals surface area contributed by atoms with Gasteiger partial charge in [-0.3, -0.25) is 0 Å². The fourth-order valence-electron chi connectivity index (χ4n) is 1.08. The van der Waals surface area contributed by atoms with E-state index in [4.69, 9.17) is 5.11 Å². The highest BCUT2D eigenvalue weighted by Crippen LogP contribution is 2.21. The van der Waals surface area contributed by atoms with Crippen LogP contribution in [0.4, 0.5) is 4.39 Å². The Kier molecular flexibility index (Phi) is 4.24. The summed E-state index contributed by atoms with van der Waals surface area (Å²) in [6.07, 6.45) is 0.105. The number of hydrogen-bond acceptors (Lipinski definition) is 3. The normalized spacial score (nSPS) is 11.7. The second-order valence-corrected chi connectivity index (χ2v) is 5.96. The maximum absolute atomic E-state index is 13.2. The van der Waals surface area contributed by atoms with Crippen LogP contribution in [0.15, 0.2) is 27.6 Å². The van der Waals surface area contributed by atoms with Crippen LogP contribution in [0.1, 0.15) is 6.42 Å². The number of sulfone groups is 1. The third-order valence-corrected chi connectivity index (χ3v) is 4.10. The second-order valence-electron chi connectivity index (χ2n) is 2.97. The van der Waals surface area contributed by atoms with Crippen molar-refractivity contribution >= 4 is 25.8 Å². The molecule has 0 saturated carbocycles. The van der Waals surface area contributed by atoms with Gasteiger partial charge in [-0.2, -0.15) is 0 Å². The lowest BCUT2D eigenvalue weighted by Crippen LogP contribution is -2.10. The quantitative estimate of drug-likeness (QED) is 0.921. The summed E-state index contributed by atoms with van der Waals surface area (Å²) in [6.45, 7) is -0.227. The van der Waals surface area contributed by atoms with Gasteiger partial charge in [-0.05, 0) is 24.6 Å². The van der Waals surface area contributed by atoms with Gasteiger partial charge in [-0.1, -0.05) is 15.9 Å². The summed E-state index contributed by atoms with van der Waals surface area (Å²) in [7, 11) is -3.64. The molecule has 1 N–H and O–H groups in total. The number of rotatable bonds is 4. The van der Waals surface area contributed by atoms with Crippen molar-refractivity contribution in [2.45, 2.75) is 11.3 Å². The van der Waals surface area contributed by atoms with Gasteiger partial charge in [0.25, 0.3) is 0 Å². The number of halogens is 2. The van der Waals surface area contributed by atoms with Gasteiger partial charge in [0.1, 0.15) is 10.7 Å². The highest BCUT2D eigenvalue weighted by molar-refractivity contribution is 9.10. The summed E-state index contributed by atoms with van der Waals surface area (Å²) in [5, 5.41) is 8.53. The van der Waals surface area contributed by atoms with Crippen molar-refractivity contribution in [2.24, 2.45) is 0 Å². The lowest BCUT2D eigenvalue weighted by atomic mass is 10.3. The predicted molar refractivity (Wildman–Crippen MR) is 57.9 cm³/mol. The highest BCUT2D eigenvalue weighted by Gasteiger charge is 2.18. The van der Waals surface area contributed by atoms with Crippen LogP contribution >= 0.6 is 15.9 Å². The molecule has 0 aliphatic rings. The summed E-state index contributed by atoms with van der Waals surface area (Å²) in [5.74, 6) is -1.02. The minimum atomic E-state index is -3.64. The van der Waals surface area contributed by atoms with Gasteiger partial charge in [-0.15, -0.1) is 0 Å². The summed E-state index contributed by atoms with van der Waals surface area (Å²) in [6, 6.07) is 3.75. The standard InChI is InChI=1S/C9H10BrFO3S/c10-7-2-3-8(11)9(6-7)15(13,14)5-1-4-12/h2-3,6,12H,1,4-5H2. The Hall–Kier alpha value is -0.460. The van der Waals surface area contributed by atoms with Crippen LogP contribution in [0.2, 0.25) is 0 Å². The van der Waals surface area contributed by atoms with E-state index in [1.54, 1.807) is 0 Å². The lowest BCUT2D eigenvalue weighted by molar-refractivity contribution is 0.295. The molecule has 0 aliphatic heterocycles. The summed E-state index contributed by atoms with van der Waals surface area (Å²) >= 11 is 3.08. The SMILES string of the molecule is O=S(=O)(CCCO)c1cc(Br)ccc1F. The van der Waals surface area contributed by atoms with E-state index in [-0.39, 0.29) is 23.7 Å². The molecule has 15 heavy (non-hydrogen) atoms. The predicted octanol–water partition coefficient (Wildman–Crippen LogP) is 1.74. The van der Waals surface area contributed by atoms with Crippen LogP contribution in [0.5, 0.6) is 0 Å². The molecular weight excluding hydrogens is 287 g/mol. The maximum Gasteiger partial charge on any atom is 0.181 e. The molecule has 3 nitrogen and oxygen atoms in total. The third-order valence-electron chi connectivity index (χ3n) is 1.80. The van der Waals surface area contributed by atoms with Crippen molar-refractivity contribution in [3.05, 3.63) is 28.5 Å². The van der Waals surface area contributed by atoms with Crippen LogP contribution in [0.25, 0.3) is 0 Å². The van der Waals surface area contributed by atoms with E-state index in [9.17, 15) is 12.8 Å². The van der Waals surface area contributed by atoms with Gasteiger partial charge in [0.15, 0.2) is 9.84 Å². The second kappa shape index (κ2) is 5.05. The molecule has 0 fully saturated rings. The van der Waals surface area contributed by atoms with Crippen molar-refractivity contribution < 1.29 is 17.9 Å².